The van der Waals surface area contributed by atoms with E-state index >= 15 is 0 Å². The van der Waals surface area contributed by atoms with Crippen LogP contribution in [0.15, 0.2) is 23.1 Å². The molecule has 1 aromatic carbocycles. The third kappa shape index (κ3) is 3.17. The molecule has 0 aromatic heterocycles. The van der Waals surface area contributed by atoms with E-state index in [-0.39, 0.29) is 17.9 Å². The number of piperidine rings is 1. The van der Waals surface area contributed by atoms with E-state index in [0.29, 0.717) is 18.0 Å². The minimum absolute atomic E-state index is 0.0208. The van der Waals surface area contributed by atoms with E-state index in [1.54, 1.807) is 11.8 Å². The van der Waals surface area contributed by atoms with Crippen molar-refractivity contribution in [1.29, 1.82) is 0 Å². The lowest BCUT2D eigenvalue weighted by molar-refractivity contribution is -0.115. The van der Waals surface area contributed by atoms with Gasteiger partial charge >= 0.3 is 0 Å². The first kappa shape index (κ1) is 16.0. The van der Waals surface area contributed by atoms with Gasteiger partial charge in [-0.1, -0.05) is 6.42 Å². The average molecular weight is 345 g/mol. The van der Waals surface area contributed by atoms with Gasteiger partial charge < -0.3 is 10.6 Å². The molecule has 128 valence electrons. The summed E-state index contributed by atoms with van der Waals surface area (Å²) in [6.07, 6.45) is 5.27. The van der Waals surface area contributed by atoms with Crippen LogP contribution in [-0.2, 0) is 4.79 Å². The maximum absolute atomic E-state index is 12.7. The Bertz CT molecular complexity index is 664. The van der Waals surface area contributed by atoms with E-state index in [1.165, 1.54) is 25.8 Å². The van der Waals surface area contributed by atoms with Gasteiger partial charge in [-0.15, -0.1) is 11.8 Å². The zero-order valence-corrected chi connectivity index (χ0v) is 14.5. The van der Waals surface area contributed by atoms with Crippen molar-refractivity contribution in [2.24, 2.45) is 0 Å². The summed E-state index contributed by atoms with van der Waals surface area (Å²) in [5, 5.41) is 6.14. The van der Waals surface area contributed by atoms with Crippen LogP contribution in [-0.4, -0.2) is 47.6 Å². The molecule has 1 aromatic rings. The van der Waals surface area contributed by atoms with Crippen LogP contribution in [0.3, 0.4) is 0 Å². The molecule has 2 amide bonds. The lowest BCUT2D eigenvalue weighted by Gasteiger charge is -2.32. The third-order valence-corrected chi connectivity index (χ3v) is 6.35. The van der Waals surface area contributed by atoms with E-state index in [0.717, 1.165) is 29.3 Å². The Labute approximate surface area is 146 Å². The number of fused-ring (bicyclic) bond motifs is 2. The van der Waals surface area contributed by atoms with Crippen molar-refractivity contribution in [3.8, 4) is 0 Å². The van der Waals surface area contributed by atoms with Crippen LogP contribution >= 0.6 is 11.8 Å². The summed E-state index contributed by atoms with van der Waals surface area (Å²) in [4.78, 5) is 28.0. The fourth-order valence-electron chi connectivity index (χ4n) is 4.03. The molecule has 0 spiro atoms. The summed E-state index contributed by atoms with van der Waals surface area (Å²) in [5.74, 6) is 0.774. The topological polar surface area (TPSA) is 61.4 Å². The van der Waals surface area contributed by atoms with Crippen molar-refractivity contribution in [2.45, 2.75) is 49.1 Å². The number of hydrogen-bond donors (Lipinski definition) is 2. The Morgan fingerprint density at radius 3 is 3.08 bits per heavy atom. The van der Waals surface area contributed by atoms with Crippen molar-refractivity contribution in [3.63, 3.8) is 0 Å². The molecule has 3 heterocycles. The van der Waals surface area contributed by atoms with Gasteiger partial charge in [0.15, 0.2) is 0 Å². The molecule has 0 bridgehead atoms. The Kier molecular flexibility index (Phi) is 4.50. The molecule has 4 rings (SSSR count). The maximum Gasteiger partial charge on any atom is 0.251 e. The Hall–Kier alpha value is -1.53. The average Bonchev–Trinajstić information content (AvgIpc) is 2.89. The normalized spacial score (nSPS) is 26.9. The first-order valence-electron chi connectivity index (χ1n) is 8.82. The minimum atomic E-state index is -0.0290. The maximum atomic E-state index is 12.7. The second-order valence-electron chi connectivity index (χ2n) is 6.83. The monoisotopic (exact) mass is 345 g/mol. The van der Waals surface area contributed by atoms with Gasteiger partial charge in [-0.05, 0) is 44.0 Å². The second-order valence-corrected chi connectivity index (χ2v) is 7.96. The first-order chi connectivity index (χ1) is 11.7. The zero-order valence-electron chi connectivity index (χ0n) is 13.7. The first-order valence-corrected chi connectivity index (χ1v) is 9.81. The molecular weight excluding hydrogens is 322 g/mol. The number of thioether (sulfide) groups is 1. The molecule has 2 saturated heterocycles. The fourth-order valence-corrected chi connectivity index (χ4v) is 4.97. The molecule has 3 aliphatic heterocycles. The molecule has 2 fully saturated rings. The van der Waals surface area contributed by atoms with Crippen molar-refractivity contribution < 1.29 is 9.59 Å². The van der Waals surface area contributed by atoms with Crippen LogP contribution in [0.2, 0.25) is 0 Å². The fraction of sp³-hybridized carbons (Fsp3) is 0.556. The van der Waals surface area contributed by atoms with Gasteiger partial charge in [-0.3, -0.25) is 14.5 Å². The number of carbonyl (C=O) groups excluding carboxylic acids is 2. The van der Waals surface area contributed by atoms with Crippen LogP contribution in [0.4, 0.5) is 5.69 Å². The second kappa shape index (κ2) is 6.76. The van der Waals surface area contributed by atoms with E-state index in [1.807, 2.05) is 18.2 Å². The minimum Gasteiger partial charge on any atom is -0.348 e. The van der Waals surface area contributed by atoms with Crippen molar-refractivity contribution in [3.05, 3.63) is 23.8 Å². The highest BCUT2D eigenvalue weighted by molar-refractivity contribution is 7.99. The Morgan fingerprint density at radius 1 is 1.25 bits per heavy atom. The summed E-state index contributed by atoms with van der Waals surface area (Å²) < 4.78 is 0. The SMILES string of the molecule is O=C1CCSc2ccc(C(=O)N[C@@H]3CCN4CCCC[C@H]34)cc2N1. The standard InChI is InChI=1S/C18H23N3O2S/c22-17-7-10-24-16-5-4-12(11-14(16)19-17)18(23)20-13-6-9-21-8-2-1-3-15(13)21/h4-5,11,13,15H,1-3,6-10H2,(H,19,22)(H,20,23)/t13-,15-/m1/s1. The molecule has 2 atom stereocenters. The molecule has 0 saturated carbocycles. The zero-order chi connectivity index (χ0) is 16.5. The summed E-state index contributed by atoms with van der Waals surface area (Å²) in [5.41, 5.74) is 1.40. The van der Waals surface area contributed by atoms with E-state index < -0.39 is 0 Å². The van der Waals surface area contributed by atoms with Gasteiger partial charge in [-0.2, -0.15) is 0 Å². The van der Waals surface area contributed by atoms with Gasteiger partial charge in [0.05, 0.1) is 5.69 Å². The summed E-state index contributed by atoms with van der Waals surface area (Å²) in [6, 6.07) is 6.38. The molecule has 2 N–H and O–H groups in total. The number of rotatable bonds is 2. The molecular formula is C18H23N3O2S. The number of nitrogens with one attached hydrogen (secondary N) is 2. The number of hydrogen-bond acceptors (Lipinski definition) is 4. The predicted octanol–water partition coefficient (Wildman–Crippen LogP) is 2.48. The van der Waals surface area contributed by atoms with E-state index in [2.05, 4.69) is 15.5 Å². The largest absolute Gasteiger partial charge is 0.348 e. The highest BCUT2D eigenvalue weighted by Crippen LogP contribution is 2.32. The highest BCUT2D eigenvalue weighted by atomic mass is 32.2. The molecule has 24 heavy (non-hydrogen) atoms. The third-order valence-electron chi connectivity index (χ3n) is 5.28. The van der Waals surface area contributed by atoms with Crippen molar-refractivity contribution in [1.82, 2.24) is 10.2 Å². The number of carbonyl (C=O) groups is 2. The Balaban J connectivity index is 1.48. The van der Waals surface area contributed by atoms with E-state index in [9.17, 15) is 9.59 Å². The van der Waals surface area contributed by atoms with Crippen LogP contribution in [0, 0.1) is 0 Å². The number of amides is 2. The van der Waals surface area contributed by atoms with Gasteiger partial charge in [0.2, 0.25) is 5.91 Å². The van der Waals surface area contributed by atoms with Gasteiger partial charge in [0, 0.05) is 41.3 Å². The lowest BCUT2D eigenvalue weighted by atomic mass is 9.99. The van der Waals surface area contributed by atoms with Crippen LogP contribution in [0.5, 0.6) is 0 Å². The molecule has 0 radical (unpaired) electrons. The highest BCUT2D eigenvalue weighted by Gasteiger charge is 2.36. The Morgan fingerprint density at radius 2 is 2.17 bits per heavy atom. The number of benzene rings is 1. The lowest BCUT2D eigenvalue weighted by Crippen LogP contribution is -2.46. The van der Waals surface area contributed by atoms with E-state index in [4.69, 9.17) is 0 Å². The van der Waals surface area contributed by atoms with Crippen LogP contribution in [0.25, 0.3) is 0 Å². The molecule has 5 nitrogen and oxygen atoms in total. The number of anilines is 1. The van der Waals surface area contributed by atoms with Gasteiger partial charge in [0.1, 0.15) is 0 Å². The van der Waals surface area contributed by atoms with Gasteiger partial charge in [-0.25, -0.2) is 0 Å². The summed E-state index contributed by atoms with van der Waals surface area (Å²) in [7, 11) is 0. The summed E-state index contributed by atoms with van der Waals surface area (Å²) in [6.45, 7) is 2.26. The number of nitrogens with zero attached hydrogens (tertiary/aromatic N) is 1. The quantitative estimate of drug-likeness (QED) is 0.864. The van der Waals surface area contributed by atoms with Crippen LogP contribution in [0.1, 0.15) is 42.5 Å². The van der Waals surface area contributed by atoms with Gasteiger partial charge in [0.25, 0.3) is 5.91 Å². The molecule has 3 aliphatic rings. The molecule has 0 aliphatic carbocycles. The molecule has 0 unspecified atom stereocenters. The molecule has 6 heteroatoms. The smallest absolute Gasteiger partial charge is 0.251 e. The predicted molar refractivity (Wildman–Crippen MR) is 95.5 cm³/mol. The van der Waals surface area contributed by atoms with Crippen LogP contribution < -0.4 is 10.6 Å². The summed E-state index contributed by atoms with van der Waals surface area (Å²) >= 11 is 1.66. The van der Waals surface area contributed by atoms with Crippen molar-refractivity contribution >= 4 is 29.3 Å². The van der Waals surface area contributed by atoms with Crippen molar-refractivity contribution in [2.75, 3.05) is 24.2 Å².